The maximum Gasteiger partial charge on any atom is 0.0682 e. The number of aliphatic hydroxyl groups excluding tert-OH is 1. The summed E-state index contributed by atoms with van der Waals surface area (Å²) in [5.74, 6) is 0.248. The molecule has 0 fully saturated rings. The molecule has 0 aliphatic carbocycles. The monoisotopic (exact) mass is 190 g/mol. The molecule has 0 bridgehead atoms. The molecule has 3 heteroatoms. The van der Waals surface area contributed by atoms with E-state index >= 15 is 0 Å². The van der Waals surface area contributed by atoms with Gasteiger partial charge in [-0.1, -0.05) is 25.1 Å². The van der Waals surface area contributed by atoms with Crippen molar-refractivity contribution in [1.82, 2.24) is 9.78 Å². The molecule has 1 atom stereocenters. The second kappa shape index (κ2) is 3.80. The summed E-state index contributed by atoms with van der Waals surface area (Å²) in [5.41, 5.74) is 1.13. The van der Waals surface area contributed by atoms with Gasteiger partial charge in [-0.3, -0.25) is 4.68 Å². The van der Waals surface area contributed by atoms with Gasteiger partial charge in [0.25, 0.3) is 0 Å². The van der Waals surface area contributed by atoms with E-state index in [0.717, 1.165) is 17.4 Å². The summed E-state index contributed by atoms with van der Waals surface area (Å²) < 4.78 is 1.94. The Balaban J connectivity index is 2.33. The third kappa shape index (κ3) is 1.63. The van der Waals surface area contributed by atoms with Crippen molar-refractivity contribution in [2.45, 2.75) is 13.5 Å². The van der Waals surface area contributed by atoms with Crippen molar-refractivity contribution in [3.63, 3.8) is 0 Å². The summed E-state index contributed by atoms with van der Waals surface area (Å²) in [7, 11) is 0. The molecule has 0 radical (unpaired) electrons. The average molecular weight is 190 g/mol. The van der Waals surface area contributed by atoms with Gasteiger partial charge in [-0.25, -0.2) is 0 Å². The molecular weight excluding hydrogens is 176 g/mol. The van der Waals surface area contributed by atoms with Crippen LogP contribution in [-0.4, -0.2) is 21.5 Å². The van der Waals surface area contributed by atoms with Crippen LogP contribution in [-0.2, 0) is 6.54 Å². The lowest BCUT2D eigenvalue weighted by molar-refractivity contribution is 0.220. The lowest BCUT2D eigenvalue weighted by Gasteiger charge is -2.08. The first-order valence-corrected chi connectivity index (χ1v) is 4.82. The molecule has 0 saturated carbocycles. The lowest BCUT2D eigenvalue weighted by Crippen LogP contribution is -2.11. The lowest BCUT2D eigenvalue weighted by atomic mass is 10.2. The minimum atomic E-state index is 0.203. The van der Waals surface area contributed by atoms with E-state index in [1.165, 1.54) is 0 Å². The number of hydrogen-bond acceptors (Lipinski definition) is 2. The van der Waals surface area contributed by atoms with Crippen LogP contribution >= 0.6 is 0 Å². The highest BCUT2D eigenvalue weighted by Crippen LogP contribution is 2.13. The Morgan fingerprint density at radius 2 is 2.21 bits per heavy atom. The largest absolute Gasteiger partial charge is 0.396 e. The average Bonchev–Trinajstić information content (AvgIpc) is 2.62. The molecule has 0 unspecified atom stereocenters. The summed E-state index contributed by atoms with van der Waals surface area (Å²) in [5, 5.41) is 14.4. The fourth-order valence-corrected chi connectivity index (χ4v) is 1.52. The van der Waals surface area contributed by atoms with Gasteiger partial charge >= 0.3 is 0 Å². The smallest absolute Gasteiger partial charge is 0.0682 e. The highest BCUT2D eigenvalue weighted by Gasteiger charge is 2.05. The Morgan fingerprint density at radius 3 is 3.00 bits per heavy atom. The van der Waals surface area contributed by atoms with E-state index in [4.69, 9.17) is 5.11 Å². The number of rotatable bonds is 3. The van der Waals surface area contributed by atoms with E-state index in [-0.39, 0.29) is 12.5 Å². The number of para-hydroxylation sites is 1. The molecule has 2 rings (SSSR count). The van der Waals surface area contributed by atoms with Gasteiger partial charge in [0.15, 0.2) is 0 Å². The maximum atomic E-state index is 8.96. The zero-order chi connectivity index (χ0) is 9.97. The molecule has 0 aliphatic heterocycles. The van der Waals surface area contributed by atoms with Crippen LogP contribution in [0.25, 0.3) is 10.9 Å². The number of nitrogens with zero attached hydrogens (tertiary/aromatic N) is 2. The SMILES string of the molecule is C[C@H](CO)Cn1ncc2ccccc21. The van der Waals surface area contributed by atoms with Crippen molar-refractivity contribution < 1.29 is 5.11 Å². The van der Waals surface area contributed by atoms with Crippen LogP contribution in [0, 0.1) is 5.92 Å². The summed E-state index contributed by atoms with van der Waals surface area (Å²) >= 11 is 0. The molecule has 0 spiro atoms. The van der Waals surface area contributed by atoms with Crippen molar-refractivity contribution >= 4 is 10.9 Å². The van der Waals surface area contributed by atoms with E-state index in [9.17, 15) is 0 Å². The van der Waals surface area contributed by atoms with Gasteiger partial charge in [-0.15, -0.1) is 0 Å². The fourth-order valence-electron chi connectivity index (χ4n) is 1.52. The molecule has 3 nitrogen and oxygen atoms in total. The zero-order valence-corrected chi connectivity index (χ0v) is 8.22. The van der Waals surface area contributed by atoms with Crippen LogP contribution in [0.2, 0.25) is 0 Å². The van der Waals surface area contributed by atoms with Crippen molar-refractivity contribution in [2.75, 3.05) is 6.61 Å². The molecule has 0 aliphatic rings. The van der Waals surface area contributed by atoms with Crippen molar-refractivity contribution in [1.29, 1.82) is 0 Å². The third-order valence-electron chi connectivity index (χ3n) is 2.35. The second-order valence-corrected chi connectivity index (χ2v) is 3.67. The van der Waals surface area contributed by atoms with E-state index in [2.05, 4.69) is 5.10 Å². The van der Waals surface area contributed by atoms with Gasteiger partial charge in [0.1, 0.15) is 0 Å². The van der Waals surface area contributed by atoms with Crippen molar-refractivity contribution in [3.05, 3.63) is 30.5 Å². The van der Waals surface area contributed by atoms with E-state index in [1.54, 1.807) is 0 Å². The standard InChI is InChI=1S/C11H14N2O/c1-9(8-14)7-13-11-5-3-2-4-10(11)6-12-13/h2-6,9,14H,7-8H2,1H3/t9-/m0/s1. The fraction of sp³-hybridized carbons (Fsp3) is 0.364. The summed E-state index contributed by atoms with van der Waals surface area (Å²) in [6.07, 6.45) is 1.86. The Kier molecular flexibility index (Phi) is 2.50. The number of aliphatic hydroxyl groups is 1. The second-order valence-electron chi connectivity index (χ2n) is 3.67. The van der Waals surface area contributed by atoms with Gasteiger partial charge in [-0.05, 0) is 12.0 Å². The Hall–Kier alpha value is -1.35. The molecule has 1 N–H and O–H groups in total. The first-order valence-electron chi connectivity index (χ1n) is 4.82. The van der Waals surface area contributed by atoms with Crippen LogP contribution in [0.1, 0.15) is 6.92 Å². The highest BCUT2D eigenvalue weighted by molar-refractivity contribution is 5.78. The zero-order valence-electron chi connectivity index (χ0n) is 8.22. The number of benzene rings is 1. The Labute approximate surface area is 83.0 Å². The predicted octanol–water partition coefficient (Wildman–Crippen LogP) is 1.66. The van der Waals surface area contributed by atoms with Crippen LogP contribution < -0.4 is 0 Å². The Morgan fingerprint density at radius 1 is 1.43 bits per heavy atom. The number of aromatic nitrogens is 2. The van der Waals surface area contributed by atoms with Crippen molar-refractivity contribution in [3.8, 4) is 0 Å². The number of fused-ring (bicyclic) bond motifs is 1. The molecular formula is C11H14N2O. The van der Waals surface area contributed by atoms with Crippen LogP contribution in [0.5, 0.6) is 0 Å². The quantitative estimate of drug-likeness (QED) is 0.799. The third-order valence-corrected chi connectivity index (χ3v) is 2.35. The molecule has 0 saturated heterocycles. The summed E-state index contributed by atoms with van der Waals surface area (Å²) in [6.45, 7) is 2.98. The molecule has 0 amide bonds. The maximum absolute atomic E-state index is 8.96. The van der Waals surface area contributed by atoms with Crippen molar-refractivity contribution in [2.24, 2.45) is 5.92 Å². The molecule has 2 aromatic rings. The molecule has 1 heterocycles. The van der Waals surface area contributed by atoms with E-state index in [1.807, 2.05) is 42.1 Å². The van der Waals surface area contributed by atoms with Crippen LogP contribution in [0.15, 0.2) is 30.5 Å². The first kappa shape index (κ1) is 9.21. The van der Waals surface area contributed by atoms with Gasteiger partial charge in [0, 0.05) is 18.5 Å². The first-order chi connectivity index (χ1) is 6.81. The minimum absolute atomic E-state index is 0.203. The van der Waals surface area contributed by atoms with Crippen LogP contribution in [0.4, 0.5) is 0 Å². The van der Waals surface area contributed by atoms with E-state index in [0.29, 0.717) is 0 Å². The van der Waals surface area contributed by atoms with Gasteiger partial charge in [0.2, 0.25) is 0 Å². The molecule has 1 aromatic heterocycles. The van der Waals surface area contributed by atoms with Crippen LogP contribution in [0.3, 0.4) is 0 Å². The molecule has 74 valence electrons. The topological polar surface area (TPSA) is 38.0 Å². The molecule has 1 aromatic carbocycles. The molecule has 14 heavy (non-hydrogen) atoms. The summed E-state index contributed by atoms with van der Waals surface area (Å²) in [4.78, 5) is 0. The normalized spacial score (nSPS) is 13.3. The highest BCUT2D eigenvalue weighted by atomic mass is 16.3. The summed E-state index contributed by atoms with van der Waals surface area (Å²) in [6, 6.07) is 8.10. The predicted molar refractivity (Wildman–Crippen MR) is 56.0 cm³/mol. The number of hydrogen-bond donors (Lipinski definition) is 1. The van der Waals surface area contributed by atoms with Gasteiger partial charge in [0.05, 0.1) is 11.7 Å². The van der Waals surface area contributed by atoms with Gasteiger partial charge in [-0.2, -0.15) is 5.10 Å². The minimum Gasteiger partial charge on any atom is -0.396 e. The van der Waals surface area contributed by atoms with Gasteiger partial charge < -0.3 is 5.11 Å². The van der Waals surface area contributed by atoms with E-state index < -0.39 is 0 Å². The Bertz CT molecular complexity index is 422.